The smallest absolute Gasteiger partial charge is 0.161 e. The van der Waals surface area contributed by atoms with Crippen LogP contribution >= 0.6 is 11.3 Å². The second kappa shape index (κ2) is 6.50. The van der Waals surface area contributed by atoms with Gasteiger partial charge in [0.1, 0.15) is 0 Å². The Balaban J connectivity index is 1.60. The van der Waals surface area contributed by atoms with E-state index in [1.807, 2.05) is 17.4 Å². The van der Waals surface area contributed by atoms with Crippen LogP contribution in [0.1, 0.15) is 28.0 Å². The third-order valence-electron chi connectivity index (χ3n) is 3.84. The summed E-state index contributed by atoms with van der Waals surface area (Å²) in [6, 6.07) is 6.20. The molecule has 21 heavy (non-hydrogen) atoms. The molecule has 0 bridgehead atoms. The van der Waals surface area contributed by atoms with E-state index in [4.69, 9.17) is 9.47 Å². The van der Waals surface area contributed by atoms with Crippen LogP contribution in [0.25, 0.3) is 0 Å². The minimum absolute atomic E-state index is 0.733. The van der Waals surface area contributed by atoms with Crippen LogP contribution in [0, 0.1) is 13.8 Å². The van der Waals surface area contributed by atoms with Gasteiger partial charge in [-0.2, -0.15) is 0 Å². The maximum absolute atomic E-state index is 5.73. The van der Waals surface area contributed by atoms with Gasteiger partial charge in [0.2, 0.25) is 0 Å². The lowest BCUT2D eigenvalue weighted by Gasteiger charge is -2.10. The predicted octanol–water partition coefficient (Wildman–Crippen LogP) is 3.82. The SMILES string of the molecule is Cc1scc(CNCc2ccc3c(c2)OCCCO3)c1C. The average molecular weight is 303 g/mol. The Bertz CT molecular complexity index is 621. The first-order valence-corrected chi connectivity index (χ1v) is 8.25. The standard InChI is InChI=1S/C17H21NO2S/c1-12-13(2)21-11-15(12)10-18-9-14-4-5-16-17(8-14)20-7-3-6-19-16/h4-5,8,11,18H,3,6-7,9-10H2,1-2H3. The third-order valence-corrected chi connectivity index (χ3v) is 4.91. The van der Waals surface area contributed by atoms with Crippen LogP contribution in [-0.4, -0.2) is 13.2 Å². The number of aryl methyl sites for hydroxylation is 1. The van der Waals surface area contributed by atoms with Crippen molar-refractivity contribution >= 4 is 11.3 Å². The molecule has 0 spiro atoms. The largest absolute Gasteiger partial charge is 0.490 e. The molecule has 1 aliphatic heterocycles. The molecule has 3 rings (SSSR count). The monoisotopic (exact) mass is 303 g/mol. The van der Waals surface area contributed by atoms with Crippen LogP contribution < -0.4 is 14.8 Å². The number of benzene rings is 1. The van der Waals surface area contributed by atoms with Crippen molar-refractivity contribution in [3.8, 4) is 11.5 Å². The highest BCUT2D eigenvalue weighted by Gasteiger charge is 2.10. The molecular formula is C17H21NO2S. The van der Waals surface area contributed by atoms with E-state index in [0.717, 1.165) is 44.2 Å². The topological polar surface area (TPSA) is 30.5 Å². The summed E-state index contributed by atoms with van der Waals surface area (Å²) >= 11 is 1.82. The second-order valence-corrected chi connectivity index (χ2v) is 6.46. The van der Waals surface area contributed by atoms with Gasteiger partial charge in [0.15, 0.2) is 11.5 Å². The zero-order valence-electron chi connectivity index (χ0n) is 12.6. The van der Waals surface area contributed by atoms with Crippen molar-refractivity contribution in [3.05, 3.63) is 45.1 Å². The molecule has 0 saturated heterocycles. The van der Waals surface area contributed by atoms with Crippen LogP contribution in [0.15, 0.2) is 23.6 Å². The normalized spacial score (nSPS) is 14.0. The van der Waals surface area contributed by atoms with Gasteiger partial charge in [0.25, 0.3) is 0 Å². The minimum atomic E-state index is 0.733. The van der Waals surface area contributed by atoms with E-state index in [1.165, 1.54) is 21.6 Å². The number of fused-ring (bicyclic) bond motifs is 1. The van der Waals surface area contributed by atoms with E-state index in [-0.39, 0.29) is 0 Å². The van der Waals surface area contributed by atoms with Crippen molar-refractivity contribution in [2.75, 3.05) is 13.2 Å². The molecule has 0 unspecified atom stereocenters. The van der Waals surface area contributed by atoms with Crippen molar-refractivity contribution in [2.24, 2.45) is 0 Å². The van der Waals surface area contributed by atoms with Gasteiger partial charge < -0.3 is 14.8 Å². The number of ether oxygens (including phenoxy) is 2. The first-order valence-electron chi connectivity index (χ1n) is 7.37. The number of thiophene rings is 1. The molecule has 0 saturated carbocycles. The van der Waals surface area contributed by atoms with Crippen molar-refractivity contribution < 1.29 is 9.47 Å². The Morgan fingerprint density at radius 1 is 1.10 bits per heavy atom. The predicted molar refractivity (Wildman–Crippen MR) is 86.4 cm³/mol. The van der Waals surface area contributed by atoms with E-state index in [2.05, 4.69) is 36.7 Å². The van der Waals surface area contributed by atoms with Gasteiger partial charge in [-0.1, -0.05) is 6.07 Å². The highest BCUT2D eigenvalue weighted by atomic mass is 32.1. The molecular weight excluding hydrogens is 282 g/mol. The Kier molecular flexibility index (Phi) is 4.46. The van der Waals surface area contributed by atoms with Gasteiger partial charge in [0.05, 0.1) is 13.2 Å². The quantitative estimate of drug-likeness (QED) is 0.931. The number of rotatable bonds is 4. The number of hydrogen-bond acceptors (Lipinski definition) is 4. The van der Waals surface area contributed by atoms with E-state index in [9.17, 15) is 0 Å². The van der Waals surface area contributed by atoms with Gasteiger partial charge >= 0.3 is 0 Å². The van der Waals surface area contributed by atoms with E-state index < -0.39 is 0 Å². The van der Waals surface area contributed by atoms with Gasteiger partial charge in [0, 0.05) is 24.4 Å². The maximum atomic E-state index is 5.73. The molecule has 1 N–H and O–H groups in total. The number of hydrogen-bond donors (Lipinski definition) is 1. The Labute approximate surface area is 129 Å². The third kappa shape index (κ3) is 3.39. The van der Waals surface area contributed by atoms with Crippen molar-refractivity contribution in [2.45, 2.75) is 33.4 Å². The summed E-state index contributed by atoms with van der Waals surface area (Å²) < 4.78 is 11.4. The van der Waals surface area contributed by atoms with Crippen LogP contribution in [-0.2, 0) is 13.1 Å². The van der Waals surface area contributed by atoms with Gasteiger partial charge in [-0.05, 0) is 48.1 Å². The summed E-state index contributed by atoms with van der Waals surface area (Å²) in [7, 11) is 0. The lowest BCUT2D eigenvalue weighted by atomic mass is 10.1. The molecule has 2 aromatic rings. The summed E-state index contributed by atoms with van der Waals surface area (Å²) in [6.07, 6.45) is 0.943. The molecule has 1 aromatic heterocycles. The molecule has 4 heteroatoms. The number of nitrogens with one attached hydrogen (secondary N) is 1. The van der Waals surface area contributed by atoms with Crippen molar-refractivity contribution in [1.29, 1.82) is 0 Å². The molecule has 0 atom stereocenters. The minimum Gasteiger partial charge on any atom is -0.490 e. The molecule has 0 aliphatic carbocycles. The van der Waals surface area contributed by atoms with Crippen molar-refractivity contribution in [1.82, 2.24) is 5.32 Å². The van der Waals surface area contributed by atoms with E-state index in [0.29, 0.717) is 0 Å². The second-order valence-electron chi connectivity index (χ2n) is 5.38. The van der Waals surface area contributed by atoms with E-state index >= 15 is 0 Å². The summed E-state index contributed by atoms with van der Waals surface area (Å²) in [5, 5.41) is 5.75. The Morgan fingerprint density at radius 3 is 2.67 bits per heavy atom. The summed E-state index contributed by atoms with van der Waals surface area (Å²) in [4.78, 5) is 1.40. The molecule has 3 nitrogen and oxygen atoms in total. The lowest BCUT2D eigenvalue weighted by molar-refractivity contribution is 0.297. The van der Waals surface area contributed by atoms with Gasteiger partial charge in [-0.25, -0.2) is 0 Å². The van der Waals surface area contributed by atoms with Crippen molar-refractivity contribution in [3.63, 3.8) is 0 Å². The molecule has 1 aliphatic rings. The molecule has 2 heterocycles. The lowest BCUT2D eigenvalue weighted by Crippen LogP contribution is -2.13. The van der Waals surface area contributed by atoms with Gasteiger partial charge in [-0.15, -0.1) is 11.3 Å². The summed E-state index contributed by atoms with van der Waals surface area (Å²) in [5.74, 6) is 1.73. The molecule has 112 valence electrons. The average Bonchev–Trinajstić information content (AvgIpc) is 2.70. The van der Waals surface area contributed by atoms with Crippen LogP contribution in [0.4, 0.5) is 0 Å². The molecule has 0 fully saturated rings. The molecule has 0 amide bonds. The first kappa shape index (κ1) is 14.4. The zero-order valence-corrected chi connectivity index (χ0v) is 13.4. The van der Waals surface area contributed by atoms with Crippen LogP contribution in [0.2, 0.25) is 0 Å². The van der Waals surface area contributed by atoms with Gasteiger partial charge in [-0.3, -0.25) is 0 Å². The highest BCUT2D eigenvalue weighted by Crippen LogP contribution is 2.30. The fourth-order valence-electron chi connectivity index (χ4n) is 2.40. The molecule has 1 aromatic carbocycles. The van der Waals surface area contributed by atoms with Crippen LogP contribution in [0.3, 0.4) is 0 Å². The van der Waals surface area contributed by atoms with Crippen LogP contribution in [0.5, 0.6) is 11.5 Å². The summed E-state index contributed by atoms with van der Waals surface area (Å²) in [5.41, 5.74) is 4.03. The van der Waals surface area contributed by atoms with E-state index in [1.54, 1.807) is 0 Å². The fraction of sp³-hybridized carbons (Fsp3) is 0.412. The highest BCUT2D eigenvalue weighted by molar-refractivity contribution is 7.10. The fourth-order valence-corrected chi connectivity index (χ4v) is 3.28. The molecule has 0 radical (unpaired) electrons. The first-order chi connectivity index (χ1) is 10.2. The Hall–Kier alpha value is -1.52. The Morgan fingerprint density at radius 2 is 1.90 bits per heavy atom. The summed E-state index contributed by atoms with van der Waals surface area (Å²) in [6.45, 7) is 7.58. The zero-order chi connectivity index (χ0) is 14.7. The maximum Gasteiger partial charge on any atom is 0.161 e.